The lowest BCUT2D eigenvalue weighted by molar-refractivity contribution is 0.0910. The molecule has 1 aromatic rings. The van der Waals surface area contributed by atoms with Gasteiger partial charge in [-0.2, -0.15) is 0 Å². The first kappa shape index (κ1) is 14.1. The molecule has 1 N–H and O–H groups in total. The molecular formula is C10H14ClNO4S. The summed E-state index contributed by atoms with van der Waals surface area (Å²) in [6.45, 7) is 5.20. The van der Waals surface area contributed by atoms with E-state index in [0.29, 0.717) is 0 Å². The molecule has 1 atom stereocenters. The number of rotatable bonds is 4. The van der Waals surface area contributed by atoms with Crippen LogP contribution in [0.5, 0.6) is 0 Å². The fourth-order valence-corrected chi connectivity index (χ4v) is 2.31. The molecule has 0 radical (unpaired) electrons. The van der Waals surface area contributed by atoms with Crippen molar-refractivity contribution in [3.63, 3.8) is 0 Å². The number of hydrogen-bond donors (Lipinski definition) is 1. The molecule has 7 heteroatoms. The first-order valence-corrected chi connectivity index (χ1v) is 7.42. The van der Waals surface area contributed by atoms with Gasteiger partial charge in [0.2, 0.25) is 0 Å². The molecule has 1 amide bonds. The second-order valence-corrected chi connectivity index (χ2v) is 6.29. The molecule has 17 heavy (non-hydrogen) atoms. The molecular weight excluding hydrogens is 266 g/mol. The zero-order valence-electron chi connectivity index (χ0n) is 9.78. The molecule has 1 aromatic heterocycles. The number of carbonyl (C=O) groups is 1. The lowest BCUT2D eigenvalue weighted by Gasteiger charge is -2.08. The predicted octanol–water partition coefficient (Wildman–Crippen LogP) is 2.04. The van der Waals surface area contributed by atoms with Crippen molar-refractivity contribution >= 4 is 25.6 Å². The van der Waals surface area contributed by atoms with Crippen LogP contribution in [-0.2, 0) is 9.05 Å². The second kappa shape index (κ2) is 5.10. The van der Waals surface area contributed by atoms with Crippen LogP contribution in [0.2, 0.25) is 0 Å². The van der Waals surface area contributed by atoms with Crippen molar-refractivity contribution in [2.75, 3.05) is 0 Å². The van der Waals surface area contributed by atoms with Crippen LogP contribution in [0.25, 0.3) is 0 Å². The largest absolute Gasteiger partial charge is 0.455 e. The smallest absolute Gasteiger partial charge is 0.287 e. The van der Waals surface area contributed by atoms with Crippen molar-refractivity contribution in [2.24, 2.45) is 0 Å². The van der Waals surface area contributed by atoms with Gasteiger partial charge in [0.05, 0.1) is 0 Å². The minimum atomic E-state index is -3.88. The standard InChI is InChI=1S/C10H14ClNO4S/c1-4-6(2)12-10(13)8-5-9(7(3)16-8)17(11,14)15/h5-6H,4H2,1-3H3,(H,12,13). The summed E-state index contributed by atoms with van der Waals surface area (Å²) in [4.78, 5) is 11.5. The van der Waals surface area contributed by atoms with E-state index in [1.54, 1.807) is 0 Å². The van der Waals surface area contributed by atoms with Crippen molar-refractivity contribution in [3.05, 3.63) is 17.6 Å². The van der Waals surface area contributed by atoms with E-state index in [1.165, 1.54) is 6.92 Å². The molecule has 0 saturated carbocycles. The summed E-state index contributed by atoms with van der Waals surface area (Å²) in [5.74, 6) is -0.398. The van der Waals surface area contributed by atoms with Crippen LogP contribution >= 0.6 is 10.7 Å². The van der Waals surface area contributed by atoms with Gasteiger partial charge in [0, 0.05) is 22.8 Å². The van der Waals surface area contributed by atoms with E-state index in [0.717, 1.165) is 12.5 Å². The number of aryl methyl sites for hydroxylation is 1. The highest BCUT2D eigenvalue weighted by Crippen LogP contribution is 2.23. The minimum Gasteiger partial charge on any atom is -0.455 e. The lowest BCUT2D eigenvalue weighted by atomic mass is 10.2. The summed E-state index contributed by atoms with van der Waals surface area (Å²) < 4.78 is 27.4. The monoisotopic (exact) mass is 279 g/mol. The lowest BCUT2D eigenvalue weighted by Crippen LogP contribution is -2.31. The van der Waals surface area contributed by atoms with E-state index < -0.39 is 15.0 Å². The molecule has 0 aliphatic heterocycles. The molecule has 1 unspecified atom stereocenters. The third kappa shape index (κ3) is 3.47. The van der Waals surface area contributed by atoms with Crippen molar-refractivity contribution in [2.45, 2.75) is 38.1 Å². The highest BCUT2D eigenvalue weighted by Gasteiger charge is 2.22. The van der Waals surface area contributed by atoms with Gasteiger partial charge in [-0.05, 0) is 20.3 Å². The van der Waals surface area contributed by atoms with Gasteiger partial charge >= 0.3 is 0 Å². The Labute approximate surface area is 105 Å². The maximum absolute atomic E-state index is 11.7. The quantitative estimate of drug-likeness (QED) is 0.856. The van der Waals surface area contributed by atoms with Crippen LogP contribution in [0.15, 0.2) is 15.4 Å². The average Bonchev–Trinajstić information content (AvgIpc) is 2.59. The number of halogens is 1. The van der Waals surface area contributed by atoms with Crippen LogP contribution < -0.4 is 5.32 Å². The third-order valence-corrected chi connectivity index (χ3v) is 3.78. The predicted molar refractivity (Wildman–Crippen MR) is 63.7 cm³/mol. The van der Waals surface area contributed by atoms with Gasteiger partial charge in [0.15, 0.2) is 5.76 Å². The Bertz CT molecular complexity index is 520. The van der Waals surface area contributed by atoms with Crippen molar-refractivity contribution in [1.29, 1.82) is 0 Å². The first-order valence-electron chi connectivity index (χ1n) is 5.11. The van der Waals surface area contributed by atoms with Gasteiger partial charge in [-0.1, -0.05) is 6.92 Å². The van der Waals surface area contributed by atoms with E-state index in [2.05, 4.69) is 5.32 Å². The highest BCUT2D eigenvalue weighted by molar-refractivity contribution is 8.13. The summed E-state index contributed by atoms with van der Waals surface area (Å²) in [6, 6.07) is 1.12. The summed E-state index contributed by atoms with van der Waals surface area (Å²) >= 11 is 0. The molecule has 0 fully saturated rings. The van der Waals surface area contributed by atoms with Crippen LogP contribution in [0.4, 0.5) is 0 Å². The fourth-order valence-electron chi connectivity index (χ4n) is 1.22. The Kier molecular flexibility index (Phi) is 4.21. The zero-order valence-corrected chi connectivity index (χ0v) is 11.4. The summed E-state index contributed by atoms with van der Waals surface area (Å²) in [5.41, 5.74) is 0. The molecule has 0 aliphatic rings. The molecule has 96 valence electrons. The van der Waals surface area contributed by atoms with Crippen LogP contribution in [-0.4, -0.2) is 20.4 Å². The number of carbonyl (C=O) groups excluding carboxylic acids is 1. The molecule has 1 rings (SSSR count). The van der Waals surface area contributed by atoms with Gasteiger partial charge in [-0.25, -0.2) is 8.42 Å². The van der Waals surface area contributed by atoms with Crippen LogP contribution in [0, 0.1) is 6.92 Å². The van der Waals surface area contributed by atoms with Gasteiger partial charge in [-0.3, -0.25) is 4.79 Å². The van der Waals surface area contributed by atoms with E-state index in [-0.39, 0.29) is 22.5 Å². The van der Waals surface area contributed by atoms with Gasteiger partial charge in [0.25, 0.3) is 15.0 Å². The van der Waals surface area contributed by atoms with Crippen molar-refractivity contribution in [1.82, 2.24) is 5.32 Å². The molecule has 0 aromatic carbocycles. The molecule has 0 saturated heterocycles. The number of hydrogen-bond acceptors (Lipinski definition) is 4. The van der Waals surface area contributed by atoms with E-state index in [4.69, 9.17) is 15.1 Å². The Morgan fingerprint density at radius 3 is 2.59 bits per heavy atom. The summed E-state index contributed by atoms with van der Waals surface area (Å²) in [6.07, 6.45) is 0.770. The molecule has 5 nitrogen and oxygen atoms in total. The van der Waals surface area contributed by atoms with Crippen LogP contribution in [0.3, 0.4) is 0 Å². The summed E-state index contributed by atoms with van der Waals surface area (Å²) in [5, 5.41) is 2.67. The molecule has 1 heterocycles. The first-order chi connectivity index (χ1) is 7.75. The molecule has 0 bridgehead atoms. The van der Waals surface area contributed by atoms with E-state index >= 15 is 0 Å². The third-order valence-electron chi connectivity index (χ3n) is 2.35. The topological polar surface area (TPSA) is 76.4 Å². The SMILES string of the molecule is CCC(C)NC(=O)c1cc(S(=O)(=O)Cl)c(C)o1. The Morgan fingerprint density at radius 2 is 2.18 bits per heavy atom. The van der Waals surface area contributed by atoms with E-state index in [1.807, 2.05) is 13.8 Å². The zero-order chi connectivity index (χ0) is 13.2. The highest BCUT2D eigenvalue weighted by atomic mass is 35.7. The van der Waals surface area contributed by atoms with E-state index in [9.17, 15) is 13.2 Å². The Balaban J connectivity index is 2.99. The number of furan rings is 1. The minimum absolute atomic E-state index is 0.0102. The van der Waals surface area contributed by atoms with Gasteiger partial charge in [-0.15, -0.1) is 0 Å². The second-order valence-electron chi connectivity index (χ2n) is 3.75. The van der Waals surface area contributed by atoms with Gasteiger partial charge in [0.1, 0.15) is 10.7 Å². The van der Waals surface area contributed by atoms with Crippen molar-refractivity contribution < 1.29 is 17.6 Å². The Morgan fingerprint density at radius 1 is 1.59 bits per heavy atom. The average molecular weight is 280 g/mol. The number of nitrogens with one attached hydrogen (secondary N) is 1. The summed E-state index contributed by atoms with van der Waals surface area (Å²) in [7, 11) is 1.31. The fraction of sp³-hybridized carbons (Fsp3) is 0.500. The normalized spacial score (nSPS) is 13.4. The molecule has 0 spiro atoms. The van der Waals surface area contributed by atoms with Crippen molar-refractivity contribution in [3.8, 4) is 0 Å². The Hall–Kier alpha value is -1.01. The number of amides is 1. The van der Waals surface area contributed by atoms with Gasteiger partial charge < -0.3 is 9.73 Å². The maximum Gasteiger partial charge on any atom is 0.287 e. The maximum atomic E-state index is 11.7. The molecule has 0 aliphatic carbocycles. The van der Waals surface area contributed by atoms with Crippen LogP contribution in [0.1, 0.15) is 36.6 Å².